The topological polar surface area (TPSA) is 52.7 Å². The molecule has 1 N–H and O–H groups in total. The molecule has 1 saturated heterocycles. The Morgan fingerprint density at radius 1 is 1.14 bits per heavy atom. The van der Waals surface area contributed by atoms with Crippen LogP contribution in [0.3, 0.4) is 0 Å². The lowest BCUT2D eigenvalue weighted by Gasteiger charge is -2.35. The molecule has 1 aliphatic heterocycles. The van der Waals surface area contributed by atoms with Crippen LogP contribution in [0, 0.1) is 0 Å². The molecule has 0 radical (unpaired) electrons. The molecule has 0 bridgehead atoms. The van der Waals surface area contributed by atoms with Crippen LogP contribution in [0.25, 0.3) is 0 Å². The van der Waals surface area contributed by atoms with E-state index in [4.69, 9.17) is 11.6 Å². The highest BCUT2D eigenvalue weighted by molar-refractivity contribution is 6.30. The predicted octanol–water partition coefficient (Wildman–Crippen LogP) is 1.16. The summed E-state index contributed by atoms with van der Waals surface area (Å²) in [5.74, 6) is 0.237. The predicted molar refractivity (Wildman–Crippen MR) is 86.9 cm³/mol. The van der Waals surface area contributed by atoms with E-state index >= 15 is 0 Å². The minimum absolute atomic E-state index is 0.0876. The number of nitrogens with zero attached hydrogens (tertiary/aromatic N) is 2. The molecule has 5 nitrogen and oxygen atoms in total. The summed E-state index contributed by atoms with van der Waals surface area (Å²) >= 11 is 5.94. The number of rotatable bonds is 5. The van der Waals surface area contributed by atoms with Gasteiger partial charge in [-0.05, 0) is 24.7 Å². The van der Waals surface area contributed by atoms with Gasteiger partial charge >= 0.3 is 0 Å². The first kappa shape index (κ1) is 16.8. The first-order valence-electron chi connectivity index (χ1n) is 7.54. The molecule has 0 unspecified atom stereocenters. The van der Waals surface area contributed by atoms with E-state index in [1.807, 2.05) is 35.0 Å². The maximum Gasteiger partial charge on any atom is 0.227 e. The number of benzene rings is 1. The van der Waals surface area contributed by atoms with Crippen LogP contribution in [0.2, 0.25) is 5.02 Å². The molecule has 2 amide bonds. The summed E-state index contributed by atoms with van der Waals surface area (Å²) in [6.07, 6.45) is 0.862. The van der Waals surface area contributed by atoms with Gasteiger partial charge in [-0.25, -0.2) is 0 Å². The van der Waals surface area contributed by atoms with E-state index in [1.165, 1.54) is 0 Å². The first-order chi connectivity index (χ1) is 10.6. The van der Waals surface area contributed by atoms with Crippen molar-refractivity contribution in [3.8, 4) is 0 Å². The lowest BCUT2D eigenvalue weighted by molar-refractivity contribution is -0.139. The molecule has 1 fully saturated rings. The molecule has 0 atom stereocenters. The Morgan fingerprint density at radius 2 is 1.77 bits per heavy atom. The standard InChI is InChI=1S/C16H22ClN3O2/c1-18-6-5-15(21)19-7-9-20(10-8-19)16(22)12-13-3-2-4-14(17)11-13/h2-4,11,18H,5-10,12H2,1H3. The van der Waals surface area contributed by atoms with Gasteiger partial charge in [0.2, 0.25) is 11.8 Å². The van der Waals surface area contributed by atoms with Gasteiger partial charge in [0.25, 0.3) is 0 Å². The monoisotopic (exact) mass is 323 g/mol. The summed E-state index contributed by atoms with van der Waals surface area (Å²) in [6.45, 7) is 3.12. The number of carbonyl (C=O) groups excluding carboxylic acids is 2. The fourth-order valence-corrected chi connectivity index (χ4v) is 2.74. The molecule has 1 aromatic rings. The van der Waals surface area contributed by atoms with Crippen molar-refractivity contribution in [2.75, 3.05) is 39.8 Å². The highest BCUT2D eigenvalue weighted by Gasteiger charge is 2.23. The Balaban J connectivity index is 1.81. The zero-order chi connectivity index (χ0) is 15.9. The van der Waals surface area contributed by atoms with E-state index in [0.717, 1.165) is 5.56 Å². The van der Waals surface area contributed by atoms with Gasteiger partial charge in [0.15, 0.2) is 0 Å². The smallest absolute Gasteiger partial charge is 0.227 e. The van der Waals surface area contributed by atoms with Crippen molar-refractivity contribution >= 4 is 23.4 Å². The van der Waals surface area contributed by atoms with Crippen molar-refractivity contribution in [3.63, 3.8) is 0 Å². The van der Waals surface area contributed by atoms with Crippen LogP contribution >= 0.6 is 11.6 Å². The number of nitrogens with one attached hydrogen (secondary N) is 1. The molecule has 6 heteroatoms. The second-order valence-electron chi connectivity index (χ2n) is 5.42. The molecule has 120 valence electrons. The van der Waals surface area contributed by atoms with Crippen LogP contribution in [0.15, 0.2) is 24.3 Å². The van der Waals surface area contributed by atoms with E-state index in [2.05, 4.69) is 5.32 Å². The average molecular weight is 324 g/mol. The number of halogens is 1. The van der Waals surface area contributed by atoms with Gasteiger partial charge in [-0.2, -0.15) is 0 Å². The van der Waals surface area contributed by atoms with Crippen LogP contribution < -0.4 is 5.32 Å². The average Bonchev–Trinajstić information content (AvgIpc) is 2.52. The Morgan fingerprint density at radius 3 is 2.36 bits per heavy atom. The third kappa shape index (κ3) is 4.71. The first-order valence-corrected chi connectivity index (χ1v) is 7.92. The zero-order valence-electron chi connectivity index (χ0n) is 12.8. The SMILES string of the molecule is CNCCC(=O)N1CCN(C(=O)Cc2cccc(Cl)c2)CC1. The molecule has 0 aliphatic carbocycles. The quantitative estimate of drug-likeness (QED) is 0.885. The fourth-order valence-electron chi connectivity index (χ4n) is 2.53. The van der Waals surface area contributed by atoms with Gasteiger partial charge in [-0.15, -0.1) is 0 Å². The number of hydrogen-bond donors (Lipinski definition) is 1. The highest BCUT2D eigenvalue weighted by atomic mass is 35.5. The van der Waals surface area contributed by atoms with Crippen LogP contribution in [-0.2, 0) is 16.0 Å². The number of amides is 2. The van der Waals surface area contributed by atoms with Crippen LogP contribution in [0.4, 0.5) is 0 Å². The van der Waals surface area contributed by atoms with Crippen molar-refractivity contribution in [3.05, 3.63) is 34.9 Å². The van der Waals surface area contributed by atoms with Gasteiger partial charge in [-0.3, -0.25) is 9.59 Å². The normalized spacial score (nSPS) is 15.0. The molecule has 1 aromatic carbocycles. The number of hydrogen-bond acceptors (Lipinski definition) is 3. The fraction of sp³-hybridized carbons (Fsp3) is 0.500. The molecule has 0 saturated carbocycles. The Bertz CT molecular complexity index is 528. The van der Waals surface area contributed by atoms with E-state index in [-0.39, 0.29) is 11.8 Å². The lowest BCUT2D eigenvalue weighted by Crippen LogP contribution is -2.51. The maximum absolute atomic E-state index is 12.3. The summed E-state index contributed by atoms with van der Waals surface area (Å²) in [7, 11) is 1.83. The molecule has 0 aromatic heterocycles. The van der Waals surface area contributed by atoms with Gasteiger partial charge in [0.05, 0.1) is 6.42 Å². The summed E-state index contributed by atoms with van der Waals surface area (Å²) in [5.41, 5.74) is 0.921. The summed E-state index contributed by atoms with van der Waals surface area (Å²) < 4.78 is 0. The highest BCUT2D eigenvalue weighted by Crippen LogP contribution is 2.13. The van der Waals surface area contributed by atoms with Crippen LogP contribution in [-0.4, -0.2) is 61.4 Å². The second-order valence-corrected chi connectivity index (χ2v) is 5.86. The molecule has 2 rings (SSSR count). The van der Waals surface area contributed by atoms with Gasteiger partial charge in [0.1, 0.15) is 0 Å². The Kier molecular flexibility index (Phi) is 6.21. The third-order valence-corrected chi connectivity index (χ3v) is 4.05. The van der Waals surface area contributed by atoms with Crippen molar-refractivity contribution in [1.29, 1.82) is 0 Å². The third-order valence-electron chi connectivity index (χ3n) is 3.82. The summed E-state index contributed by atoms with van der Waals surface area (Å²) in [4.78, 5) is 27.9. The second kappa shape index (κ2) is 8.15. The van der Waals surface area contributed by atoms with Crippen molar-refractivity contribution in [2.24, 2.45) is 0 Å². The van der Waals surface area contributed by atoms with Crippen LogP contribution in [0.1, 0.15) is 12.0 Å². The molecule has 0 spiro atoms. The van der Waals surface area contributed by atoms with E-state index < -0.39 is 0 Å². The Hall–Kier alpha value is -1.59. The lowest BCUT2D eigenvalue weighted by atomic mass is 10.1. The molecular weight excluding hydrogens is 302 g/mol. The van der Waals surface area contributed by atoms with Crippen molar-refractivity contribution < 1.29 is 9.59 Å². The minimum atomic E-state index is 0.0876. The van der Waals surface area contributed by atoms with E-state index in [0.29, 0.717) is 50.6 Å². The van der Waals surface area contributed by atoms with Crippen molar-refractivity contribution in [1.82, 2.24) is 15.1 Å². The van der Waals surface area contributed by atoms with Crippen LogP contribution in [0.5, 0.6) is 0 Å². The molecule has 1 aliphatic rings. The van der Waals surface area contributed by atoms with Gasteiger partial charge in [0, 0.05) is 44.2 Å². The van der Waals surface area contributed by atoms with E-state index in [1.54, 1.807) is 6.07 Å². The van der Waals surface area contributed by atoms with Gasteiger partial charge in [-0.1, -0.05) is 23.7 Å². The zero-order valence-corrected chi connectivity index (χ0v) is 13.6. The number of piperazine rings is 1. The summed E-state index contributed by atoms with van der Waals surface area (Å²) in [6, 6.07) is 7.37. The van der Waals surface area contributed by atoms with Gasteiger partial charge < -0.3 is 15.1 Å². The number of carbonyl (C=O) groups is 2. The summed E-state index contributed by atoms with van der Waals surface area (Å²) in [5, 5.41) is 3.62. The minimum Gasteiger partial charge on any atom is -0.339 e. The molecular formula is C16H22ClN3O2. The maximum atomic E-state index is 12.3. The molecule has 1 heterocycles. The molecule has 22 heavy (non-hydrogen) atoms. The Labute approximate surface area is 136 Å². The largest absolute Gasteiger partial charge is 0.339 e. The van der Waals surface area contributed by atoms with Crippen molar-refractivity contribution in [2.45, 2.75) is 12.8 Å². The van der Waals surface area contributed by atoms with E-state index in [9.17, 15) is 9.59 Å².